The van der Waals surface area contributed by atoms with Crippen molar-refractivity contribution in [3.05, 3.63) is 12.2 Å². The van der Waals surface area contributed by atoms with Crippen molar-refractivity contribution in [1.82, 2.24) is 20.1 Å². The molecule has 0 aliphatic heterocycles. The molecule has 1 aromatic rings. The number of rotatable bonds is 7. The standard InChI is InChI=1S/C10H20N4S/c1-4-14-10(12-8-13-14)7-9(11-2)5-6-15-3/h8-9,11H,4-7H2,1-3H3. The summed E-state index contributed by atoms with van der Waals surface area (Å²) in [5.74, 6) is 2.27. The Morgan fingerprint density at radius 1 is 1.60 bits per heavy atom. The average molecular weight is 228 g/mol. The van der Waals surface area contributed by atoms with Gasteiger partial charge in [-0.1, -0.05) is 0 Å². The first-order chi connectivity index (χ1) is 7.31. The summed E-state index contributed by atoms with van der Waals surface area (Å²) in [6.07, 6.45) is 5.92. The number of hydrogen-bond acceptors (Lipinski definition) is 4. The number of nitrogens with one attached hydrogen (secondary N) is 1. The summed E-state index contributed by atoms with van der Waals surface area (Å²) >= 11 is 1.89. The largest absolute Gasteiger partial charge is 0.317 e. The SMILES string of the molecule is CCn1ncnc1CC(CCSC)NC. The summed E-state index contributed by atoms with van der Waals surface area (Å²) in [4.78, 5) is 4.29. The Labute approximate surface area is 95.9 Å². The van der Waals surface area contributed by atoms with Crippen molar-refractivity contribution in [3.63, 3.8) is 0 Å². The van der Waals surface area contributed by atoms with Gasteiger partial charge in [0.25, 0.3) is 0 Å². The molecule has 0 aromatic carbocycles. The van der Waals surface area contributed by atoms with Gasteiger partial charge in [0.1, 0.15) is 12.2 Å². The maximum atomic E-state index is 4.29. The number of nitrogens with zero attached hydrogens (tertiary/aromatic N) is 3. The summed E-state index contributed by atoms with van der Waals surface area (Å²) in [5, 5.41) is 7.51. The molecule has 86 valence electrons. The Morgan fingerprint density at radius 3 is 3.00 bits per heavy atom. The van der Waals surface area contributed by atoms with E-state index in [-0.39, 0.29) is 0 Å². The van der Waals surface area contributed by atoms with E-state index in [4.69, 9.17) is 0 Å². The second kappa shape index (κ2) is 6.85. The van der Waals surface area contributed by atoms with Crippen LogP contribution in [0.1, 0.15) is 19.2 Å². The van der Waals surface area contributed by atoms with E-state index in [1.807, 2.05) is 23.5 Å². The van der Waals surface area contributed by atoms with Gasteiger partial charge in [-0.15, -0.1) is 0 Å². The normalized spacial score (nSPS) is 13.0. The minimum atomic E-state index is 0.506. The number of hydrogen-bond donors (Lipinski definition) is 1. The zero-order chi connectivity index (χ0) is 11.1. The minimum absolute atomic E-state index is 0.506. The van der Waals surface area contributed by atoms with Crippen molar-refractivity contribution in [2.24, 2.45) is 0 Å². The van der Waals surface area contributed by atoms with Crippen LogP contribution in [0, 0.1) is 0 Å². The molecular weight excluding hydrogens is 208 g/mol. The number of aryl methyl sites for hydroxylation is 1. The van der Waals surface area contributed by atoms with Crippen LogP contribution < -0.4 is 5.32 Å². The second-order valence-corrected chi connectivity index (χ2v) is 4.45. The molecule has 1 N–H and O–H groups in total. The van der Waals surface area contributed by atoms with Crippen molar-refractivity contribution in [3.8, 4) is 0 Å². The maximum absolute atomic E-state index is 4.29. The highest BCUT2D eigenvalue weighted by Gasteiger charge is 2.10. The number of likely N-dealkylation sites (N-methyl/N-ethyl adjacent to an activating group) is 1. The molecule has 5 heteroatoms. The van der Waals surface area contributed by atoms with Crippen molar-refractivity contribution in [1.29, 1.82) is 0 Å². The molecule has 1 unspecified atom stereocenters. The van der Waals surface area contributed by atoms with Gasteiger partial charge in [-0.25, -0.2) is 4.98 Å². The van der Waals surface area contributed by atoms with E-state index >= 15 is 0 Å². The molecule has 0 radical (unpaired) electrons. The van der Waals surface area contributed by atoms with E-state index < -0.39 is 0 Å². The van der Waals surface area contributed by atoms with Gasteiger partial charge in [-0.3, -0.25) is 4.68 Å². The van der Waals surface area contributed by atoms with Gasteiger partial charge >= 0.3 is 0 Å². The quantitative estimate of drug-likeness (QED) is 0.761. The van der Waals surface area contributed by atoms with Crippen LogP contribution in [0.5, 0.6) is 0 Å². The highest BCUT2D eigenvalue weighted by molar-refractivity contribution is 7.98. The molecule has 0 saturated heterocycles. The van der Waals surface area contributed by atoms with Gasteiger partial charge < -0.3 is 5.32 Å². The zero-order valence-corrected chi connectivity index (χ0v) is 10.5. The van der Waals surface area contributed by atoms with Crippen LogP contribution in [0.15, 0.2) is 6.33 Å². The lowest BCUT2D eigenvalue weighted by molar-refractivity contribution is 0.507. The lowest BCUT2D eigenvalue weighted by Crippen LogP contribution is -2.29. The molecule has 0 spiro atoms. The van der Waals surface area contributed by atoms with Crippen molar-refractivity contribution < 1.29 is 0 Å². The monoisotopic (exact) mass is 228 g/mol. The van der Waals surface area contributed by atoms with E-state index in [9.17, 15) is 0 Å². The fraction of sp³-hybridized carbons (Fsp3) is 0.800. The van der Waals surface area contributed by atoms with Gasteiger partial charge in [-0.05, 0) is 32.4 Å². The average Bonchev–Trinajstić information content (AvgIpc) is 2.71. The molecule has 1 aromatic heterocycles. The van der Waals surface area contributed by atoms with Crippen LogP contribution in [0.2, 0.25) is 0 Å². The van der Waals surface area contributed by atoms with Crippen molar-refractivity contribution in [2.45, 2.75) is 32.4 Å². The fourth-order valence-electron chi connectivity index (χ4n) is 1.54. The van der Waals surface area contributed by atoms with Gasteiger partial charge in [-0.2, -0.15) is 16.9 Å². The summed E-state index contributed by atoms with van der Waals surface area (Å²) in [5.41, 5.74) is 0. The molecule has 15 heavy (non-hydrogen) atoms. The summed E-state index contributed by atoms with van der Waals surface area (Å²) < 4.78 is 1.96. The van der Waals surface area contributed by atoms with Crippen LogP contribution in [0.3, 0.4) is 0 Å². The molecule has 0 bridgehead atoms. The topological polar surface area (TPSA) is 42.7 Å². The van der Waals surface area contributed by atoms with Crippen LogP contribution in [0.25, 0.3) is 0 Å². The molecule has 0 aliphatic carbocycles. The third kappa shape index (κ3) is 3.83. The first kappa shape index (κ1) is 12.5. The molecule has 4 nitrogen and oxygen atoms in total. The highest BCUT2D eigenvalue weighted by Crippen LogP contribution is 2.06. The van der Waals surface area contributed by atoms with Gasteiger partial charge in [0.15, 0.2) is 0 Å². The highest BCUT2D eigenvalue weighted by atomic mass is 32.2. The number of aromatic nitrogens is 3. The van der Waals surface area contributed by atoms with Crippen molar-refractivity contribution >= 4 is 11.8 Å². The Balaban J connectivity index is 2.50. The molecule has 0 saturated carbocycles. The smallest absolute Gasteiger partial charge is 0.138 e. The van der Waals surface area contributed by atoms with Crippen LogP contribution in [0.4, 0.5) is 0 Å². The summed E-state index contributed by atoms with van der Waals surface area (Å²) in [7, 11) is 2.01. The molecule has 0 aliphatic rings. The van der Waals surface area contributed by atoms with Gasteiger partial charge in [0, 0.05) is 19.0 Å². The molecule has 0 amide bonds. The number of thioether (sulfide) groups is 1. The minimum Gasteiger partial charge on any atom is -0.317 e. The molecule has 0 fully saturated rings. The van der Waals surface area contributed by atoms with E-state index in [1.165, 1.54) is 12.2 Å². The molecule has 1 atom stereocenters. The fourth-order valence-corrected chi connectivity index (χ4v) is 2.06. The Morgan fingerprint density at radius 2 is 2.40 bits per heavy atom. The van der Waals surface area contributed by atoms with Gasteiger partial charge in [0.2, 0.25) is 0 Å². The summed E-state index contributed by atoms with van der Waals surface area (Å²) in [6.45, 7) is 2.99. The lowest BCUT2D eigenvalue weighted by Gasteiger charge is -2.15. The van der Waals surface area contributed by atoms with Gasteiger partial charge in [0.05, 0.1) is 0 Å². The molecular formula is C10H20N4S. The second-order valence-electron chi connectivity index (χ2n) is 3.46. The third-order valence-corrected chi connectivity index (χ3v) is 3.15. The zero-order valence-electron chi connectivity index (χ0n) is 9.73. The predicted octanol–water partition coefficient (Wildman–Crippen LogP) is 1.18. The Kier molecular flexibility index (Phi) is 5.71. The van der Waals surface area contributed by atoms with Crippen LogP contribution in [-0.4, -0.2) is 39.9 Å². The first-order valence-electron chi connectivity index (χ1n) is 5.34. The summed E-state index contributed by atoms with van der Waals surface area (Å²) in [6, 6.07) is 0.506. The maximum Gasteiger partial charge on any atom is 0.138 e. The van der Waals surface area contributed by atoms with Crippen molar-refractivity contribution in [2.75, 3.05) is 19.1 Å². The third-order valence-electron chi connectivity index (χ3n) is 2.50. The first-order valence-corrected chi connectivity index (χ1v) is 6.74. The molecule has 1 heterocycles. The lowest BCUT2D eigenvalue weighted by atomic mass is 10.1. The van der Waals surface area contributed by atoms with Crippen LogP contribution >= 0.6 is 11.8 Å². The van der Waals surface area contributed by atoms with E-state index in [0.717, 1.165) is 18.8 Å². The van der Waals surface area contributed by atoms with E-state index in [2.05, 4.69) is 28.6 Å². The van der Waals surface area contributed by atoms with E-state index in [0.29, 0.717) is 6.04 Å². The van der Waals surface area contributed by atoms with E-state index in [1.54, 1.807) is 6.33 Å². The van der Waals surface area contributed by atoms with Crippen LogP contribution in [-0.2, 0) is 13.0 Å². The Hall–Kier alpha value is -0.550. The Bertz CT molecular complexity index is 274. The predicted molar refractivity (Wildman–Crippen MR) is 65.2 cm³/mol. The molecule has 1 rings (SSSR count).